The van der Waals surface area contributed by atoms with E-state index in [2.05, 4.69) is 5.32 Å². The lowest BCUT2D eigenvalue weighted by Gasteiger charge is -2.58. The minimum absolute atomic E-state index is 0.0920. The van der Waals surface area contributed by atoms with Gasteiger partial charge in [0.15, 0.2) is 0 Å². The molecule has 0 bridgehead atoms. The SMILES string of the molecule is O=C(Nc1ccc(F)cc1)N1CC(=O)N2[C@H](C1)[C@@H](c1ccc(-c3cccc(F)c3)cc1)[C@@H]2CO. The second kappa shape index (κ2) is 8.87. The number of carbonyl (C=O) groups excluding carboxylic acids is 2. The number of anilines is 1. The summed E-state index contributed by atoms with van der Waals surface area (Å²) < 4.78 is 26.7. The number of amides is 3. The highest BCUT2D eigenvalue weighted by Crippen LogP contribution is 2.43. The molecule has 0 aliphatic carbocycles. The largest absolute Gasteiger partial charge is 0.394 e. The molecule has 0 spiro atoms. The summed E-state index contributed by atoms with van der Waals surface area (Å²) in [4.78, 5) is 28.7. The van der Waals surface area contributed by atoms with Crippen molar-refractivity contribution in [3.05, 3.63) is 90.0 Å². The maximum absolute atomic E-state index is 13.6. The maximum atomic E-state index is 13.6. The topological polar surface area (TPSA) is 72.9 Å². The monoisotopic (exact) mass is 463 g/mol. The minimum atomic E-state index is -0.438. The quantitative estimate of drug-likeness (QED) is 0.618. The molecule has 2 saturated heterocycles. The van der Waals surface area contributed by atoms with Gasteiger partial charge in [0.1, 0.15) is 18.2 Å². The lowest BCUT2D eigenvalue weighted by Crippen LogP contribution is -2.73. The standard InChI is InChI=1S/C26H23F2N3O3/c27-19-8-10-21(11-9-19)29-26(34)30-13-22-25(23(15-32)31(22)24(33)14-30)17-6-4-16(5-7-17)18-2-1-3-20(28)12-18/h1-12,22-23,25,32H,13-15H2,(H,29,34)/t22-,23+,25-/m1/s1. The van der Waals surface area contributed by atoms with E-state index < -0.39 is 11.8 Å². The first-order chi connectivity index (χ1) is 16.4. The molecule has 8 heteroatoms. The Morgan fingerprint density at radius 3 is 2.38 bits per heavy atom. The average molecular weight is 463 g/mol. The number of benzene rings is 3. The molecule has 6 nitrogen and oxygen atoms in total. The second-order valence-electron chi connectivity index (χ2n) is 8.59. The molecule has 5 rings (SSSR count). The second-order valence-corrected chi connectivity index (χ2v) is 8.59. The molecule has 3 amide bonds. The van der Waals surface area contributed by atoms with Crippen LogP contribution in [0.1, 0.15) is 11.5 Å². The van der Waals surface area contributed by atoms with Crippen molar-refractivity contribution in [1.82, 2.24) is 9.80 Å². The van der Waals surface area contributed by atoms with Gasteiger partial charge in [-0.2, -0.15) is 0 Å². The molecule has 2 aliphatic rings. The summed E-state index contributed by atoms with van der Waals surface area (Å²) in [5, 5.41) is 12.7. The molecule has 3 aromatic carbocycles. The molecule has 2 aliphatic heterocycles. The number of urea groups is 1. The number of aliphatic hydroxyl groups excluding tert-OH is 1. The van der Waals surface area contributed by atoms with Gasteiger partial charge in [-0.25, -0.2) is 13.6 Å². The molecule has 0 radical (unpaired) electrons. The lowest BCUT2D eigenvalue weighted by molar-refractivity contribution is -0.159. The summed E-state index contributed by atoms with van der Waals surface area (Å²) in [6, 6.07) is 18.3. The summed E-state index contributed by atoms with van der Waals surface area (Å²) in [5.41, 5.74) is 3.00. The Kier molecular flexibility index (Phi) is 5.75. The van der Waals surface area contributed by atoms with Gasteiger partial charge in [0.2, 0.25) is 5.91 Å². The molecular weight excluding hydrogens is 440 g/mol. The van der Waals surface area contributed by atoms with E-state index in [1.54, 1.807) is 11.0 Å². The van der Waals surface area contributed by atoms with Crippen LogP contribution in [0.3, 0.4) is 0 Å². The Labute approximate surface area is 195 Å². The number of carbonyl (C=O) groups is 2. The van der Waals surface area contributed by atoms with Crippen LogP contribution >= 0.6 is 0 Å². The molecule has 2 heterocycles. The van der Waals surface area contributed by atoms with Crippen LogP contribution in [0.2, 0.25) is 0 Å². The van der Waals surface area contributed by atoms with E-state index in [-0.39, 0.29) is 42.9 Å². The smallest absolute Gasteiger partial charge is 0.322 e. The van der Waals surface area contributed by atoms with Gasteiger partial charge in [-0.05, 0) is 53.1 Å². The number of hydrogen-bond acceptors (Lipinski definition) is 3. The average Bonchev–Trinajstić information content (AvgIpc) is 2.82. The molecule has 3 aromatic rings. The van der Waals surface area contributed by atoms with Crippen LogP contribution in [-0.2, 0) is 4.79 Å². The number of halogens is 2. The Morgan fingerprint density at radius 2 is 1.71 bits per heavy atom. The summed E-state index contributed by atoms with van der Waals surface area (Å²) in [5.74, 6) is -1.08. The number of rotatable bonds is 4. The van der Waals surface area contributed by atoms with Crippen molar-refractivity contribution >= 4 is 17.6 Å². The van der Waals surface area contributed by atoms with Gasteiger partial charge in [0.05, 0.1) is 18.7 Å². The van der Waals surface area contributed by atoms with Crippen LogP contribution in [-0.4, -0.2) is 58.6 Å². The fourth-order valence-electron chi connectivity index (χ4n) is 4.96. The summed E-state index contributed by atoms with van der Waals surface area (Å²) in [6.45, 7) is 0.0389. The fraction of sp³-hybridized carbons (Fsp3) is 0.231. The first kappa shape index (κ1) is 22.0. The number of nitrogens with zero attached hydrogens (tertiary/aromatic N) is 2. The van der Waals surface area contributed by atoms with Crippen LogP contribution in [0.25, 0.3) is 11.1 Å². The zero-order valence-corrected chi connectivity index (χ0v) is 18.2. The van der Waals surface area contributed by atoms with Gasteiger partial charge in [-0.15, -0.1) is 0 Å². The van der Waals surface area contributed by atoms with Crippen LogP contribution in [0.5, 0.6) is 0 Å². The van der Waals surface area contributed by atoms with E-state index in [1.807, 2.05) is 30.3 Å². The molecule has 0 unspecified atom stereocenters. The van der Waals surface area contributed by atoms with Crippen molar-refractivity contribution in [2.45, 2.75) is 18.0 Å². The highest BCUT2D eigenvalue weighted by Gasteiger charge is 2.54. The number of nitrogens with one attached hydrogen (secondary N) is 1. The van der Waals surface area contributed by atoms with Crippen molar-refractivity contribution < 1.29 is 23.5 Å². The third-order valence-electron chi connectivity index (χ3n) is 6.59. The van der Waals surface area contributed by atoms with Crippen molar-refractivity contribution in [2.24, 2.45) is 0 Å². The number of aliphatic hydroxyl groups is 1. The van der Waals surface area contributed by atoms with E-state index in [9.17, 15) is 23.5 Å². The van der Waals surface area contributed by atoms with Gasteiger partial charge in [0, 0.05) is 18.2 Å². The third kappa shape index (κ3) is 4.01. The van der Waals surface area contributed by atoms with Crippen molar-refractivity contribution in [1.29, 1.82) is 0 Å². The Balaban J connectivity index is 1.34. The summed E-state index contributed by atoms with van der Waals surface area (Å²) in [6.07, 6.45) is 0. The zero-order valence-electron chi connectivity index (χ0n) is 18.2. The van der Waals surface area contributed by atoms with Crippen molar-refractivity contribution in [3.8, 4) is 11.1 Å². The summed E-state index contributed by atoms with van der Waals surface area (Å²) in [7, 11) is 0. The third-order valence-corrected chi connectivity index (χ3v) is 6.59. The number of hydrogen-bond donors (Lipinski definition) is 2. The van der Waals surface area contributed by atoms with Gasteiger partial charge in [-0.1, -0.05) is 36.4 Å². The lowest BCUT2D eigenvalue weighted by atomic mass is 9.73. The number of piperazine rings is 1. The molecule has 2 fully saturated rings. The first-order valence-corrected chi connectivity index (χ1v) is 11.0. The van der Waals surface area contributed by atoms with E-state index in [0.29, 0.717) is 12.2 Å². The Hall–Kier alpha value is -3.78. The van der Waals surface area contributed by atoms with E-state index in [4.69, 9.17) is 0 Å². The van der Waals surface area contributed by atoms with E-state index in [1.165, 1.54) is 41.3 Å². The van der Waals surface area contributed by atoms with Gasteiger partial charge in [-0.3, -0.25) is 4.79 Å². The molecule has 34 heavy (non-hydrogen) atoms. The maximum Gasteiger partial charge on any atom is 0.322 e. The molecule has 0 aromatic heterocycles. The van der Waals surface area contributed by atoms with Gasteiger partial charge < -0.3 is 20.2 Å². The fourth-order valence-corrected chi connectivity index (χ4v) is 4.96. The predicted octanol–water partition coefficient (Wildman–Crippen LogP) is 3.83. The van der Waals surface area contributed by atoms with Crippen molar-refractivity contribution in [2.75, 3.05) is 25.0 Å². The molecule has 3 atom stereocenters. The molecular formula is C26H23F2N3O3. The predicted molar refractivity (Wildman–Crippen MR) is 123 cm³/mol. The molecule has 0 saturated carbocycles. The van der Waals surface area contributed by atoms with Gasteiger partial charge in [0.25, 0.3) is 0 Å². The van der Waals surface area contributed by atoms with Crippen LogP contribution in [0, 0.1) is 11.6 Å². The molecule has 174 valence electrons. The van der Waals surface area contributed by atoms with Crippen LogP contribution < -0.4 is 5.32 Å². The molecule has 2 N–H and O–H groups in total. The minimum Gasteiger partial charge on any atom is -0.394 e. The van der Waals surface area contributed by atoms with Crippen LogP contribution in [0.15, 0.2) is 72.8 Å². The van der Waals surface area contributed by atoms with E-state index in [0.717, 1.165) is 16.7 Å². The van der Waals surface area contributed by atoms with Crippen molar-refractivity contribution in [3.63, 3.8) is 0 Å². The van der Waals surface area contributed by atoms with Gasteiger partial charge >= 0.3 is 6.03 Å². The summed E-state index contributed by atoms with van der Waals surface area (Å²) >= 11 is 0. The van der Waals surface area contributed by atoms with Crippen LogP contribution in [0.4, 0.5) is 19.3 Å². The zero-order chi connectivity index (χ0) is 23.8. The Morgan fingerprint density at radius 1 is 0.971 bits per heavy atom. The first-order valence-electron chi connectivity index (χ1n) is 11.0. The number of fused-ring (bicyclic) bond motifs is 1. The Bertz CT molecular complexity index is 1220. The normalized spacial score (nSPS) is 21.6. The highest BCUT2D eigenvalue weighted by atomic mass is 19.1. The highest BCUT2D eigenvalue weighted by molar-refractivity contribution is 5.93. The van der Waals surface area contributed by atoms with E-state index >= 15 is 0 Å².